The van der Waals surface area contributed by atoms with E-state index in [1.54, 1.807) is 32.9 Å². The maximum atomic E-state index is 12.9. The molecule has 2 aromatic carbocycles. The standard InChI is InChI=1S/C22H24N4O3S/c1-4-26(5-2)30(28,29)20-13-18(12-11-16(20)3)22(27)25-19-14-23-21(24-15-19)17-9-7-6-8-10-17/h6-15H,4-5H2,1-3H3,(H,25,27). The van der Waals surface area contributed by atoms with Crippen LogP contribution >= 0.6 is 0 Å². The molecule has 0 aliphatic carbocycles. The first kappa shape index (κ1) is 21.6. The molecule has 1 amide bonds. The summed E-state index contributed by atoms with van der Waals surface area (Å²) in [5.74, 6) is 0.124. The number of carbonyl (C=O) groups excluding carboxylic acids is 1. The van der Waals surface area contributed by atoms with E-state index in [0.717, 1.165) is 5.56 Å². The summed E-state index contributed by atoms with van der Waals surface area (Å²) >= 11 is 0. The molecule has 0 aliphatic rings. The lowest BCUT2D eigenvalue weighted by Crippen LogP contribution is -2.31. The predicted octanol–water partition coefficient (Wildman–Crippen LogP) is 3.73. The third-order valence-electron chi connectivity index (χ3n) is 4.72. The number of hydrogen-bond donors (Lipinski definition) is 1. The van der Waals surface area contributed by atoms with Crippen LogP contribution in [-0.4, -0.2) is 41.7 Å². The molecule has 8 heteroatoms. The first-order valence-corrected chi connectivity index (χ1v) is 11.1. The summed E-state index contributed by atoms with van der Waals surface area (Å²) in [6.07, 6.45) is 3.05. The van der Waals surface area contributed by atoms with Crippen LogP contribution in [0.25, 0.3) is 11.4 Å². The minimum atomic E-state index is -3.67. The number of nitrogens with one attached hydrogen (secondary N) is 1. The van der Waals surface area contributed by atoms with Crippen LogP contribution in [0.5, 0.6) is 0 Å². The SMILES string of the molecule is CCN(CC)S(=O)(=O)c1cc(C(=O)Nc2cnc(-c3ccccc3)nc2)ccc1C. The molecule has 0 unspecified atom stereocenters. The summed E-state index contributed by atoms with van der Waals surface area (Å²) in [5.41, 5.74) is 2.14. The van der Waals surface area contributed by atoms with E-state index in [9.17, 15) is 13.2 Å². The monoisotopic (exact) mass is 424 g/mol. The number of aromatic nitrogens is 2. The molecular weight excluding hydrogens is 400 g/mol. The van der Waals surface area contributed by atoms with Gasteiger partial charge in [-0.2, -0.15) is 4.31 Å². The molecule has 0 radical (unpaired) electrons. The van der Waals surface area contributed by atoms with Crippen LogP contribution in [0, 0.1) is 6.92 Å². The van der Waals surface area contributed by atoms with E-state index >= 15 is 0 Å². The molecule has 30 heavy (non-hydrogen) atoms. The highest BCUT2D eigenvalue weighted by atomic mass is 32.2. The fourth-order valence-corrected chi connectivity index (χ4v) is 4.76. The van der Waals surface area contributed by atoms with Gasteiger partial charge in [0.15, 0.2) is 5.82 Å². The van der Waals surface area contributed by atoms with Crippen molar-refractivity contribution in [3.63, 3.8) is 0 Å². The number of nitrogens with zero attached hydrogens (tertiary/aromatic N) is 3. The molecule has 0 atom stereocenters. The van der Waals surface area contributed by atoms with Crippen molar-refractivity contribution in [3.8, 4) is 11.4 Å². The van der Waals surface area contributed by atoms with E-state index in [2.05, 4.69) is 15.3 Å². The van der Waals surface area contributed by atoms with Crippen molar-refractivity contribution in [3.05, 3.63) is 72.1 Å². The van der Waals surface area contributed by atoms with Crippen molar-refractivity contribution in [1.29, 1.82) is 0 Å². The molecule has 3 rings (SSSR count). The second kappa shape index (κ2) is 9.15. The first-order chi connectivity index (χ1) is 14.4. The number of amides is 1. The van der Waals surface area contributed by atoms with E-state index in [4.69, 9.17) is 0 Å². The fraction of sp³-hybridized carbons (Fsp3) is 0.227. The van der Waals surface area contributed by atoms with Gasteiger partial charge in [-0.3, -0.25) is 4.79 Å². The van der Waals surface area contributed by atoms with Gasteiger partial charge in [0.25, 0.3) is 5.91 Å². The van der Waals surface area contributed by atoms with Gasteiger partial charge in [0, 0.05) is 24.2 Å². The quantitative estimate of drug-likeness (QED) is 0.624. The third kappa shape index (κ3) is 4.55. The molecule has 0 saturated carbocycles. The van der Waals surface area contributed by atoms with Crippen molar-refractivity contribution < 1.29 is 13.2 Å². The highest BCUT2D eigenvalue weighted by Crippen LogP contribution is 2.22. The van der Waals surface area contributed by atoms with Crippen molar-refractivity contribution in [2.75, 3.05) is 18.4 Å². The lowest BCUT2D eigenvalue weighted by Gasteiger charge is -2.20. The van der Waals surface area contributed by atoms with E-state index in [-0.39, 0.29) is 10.5 Å². The van der Waals surface area contributed by atoms with Gasteiger partial charge >= 0.3 is 0 Å². The Balaban J connectivity index is 1.82. The summed E-state index contributed by atoms with van der Waals surface area (Å²) in [4.78, 5) is 21.4. The molecular formula is C22H24N4O3S. The maximum absolute atomic E-state index is 12.9. The van der Waals surface area contributed by atoms with E-state index < -0.39 is 15.9 Å². The van der Waals surface area contributed by atoms with E-state index in [0.29, 0.717) is 30.2 Å². The summed E-state index contributed by atoms with van der Waals surface area (Å²) in [7, 11) is -3.67. The Morgan fingerprint density at radius 3 is 2.23 bits per heavy atom. The van der Waals surface area contributed by atoms with Crippen LogP contribution in [0.15, 0.2) is 65.8 Å². The Hall–Kier alpha value is -3.10. The van der Waals surface area contributed by atoms with Gasteiger partial charge < -0.3 is 5.32 Å². The van der Waals surface area contributed by atoms with E-state index in [1.807, 2.05) is 30.3 Å². The maximum Gasteiger partial charge on any atom is 0.255 e. The molecule has 1 aromatic heterocycles. The summed E-state index contributed by atoms with van der Waals surface area (Å²) in [6, 6.07) is 14.2. The van der Waals surface area contributed by atoms with Crippen LogP contribution in [0.2, 0.25) is 0 Å². The highest BCUT2D eigenvalue weighted by Gasteiger charge is 2.24. The fourth-order valence-electron chi connectivity index (χ4n) is 3.05. The normalized spacial score (nSPS) is 11.5. The molecule has 0 spiro atoms. The van der Waals surface area contributed by atoms with Crippen molar-refractivity contribution in [2.45, 2.75) is 25.7 Å². The van der Waals surface area contributed by atoms with Crippen LogP contribution in [0.1, 0.15) is 29.8 Å². The van der Waals surface area contributed by atoms with Gasteiger partial charge in [-0.1, -0.05) is 50.2 Å². The molecule has 3 aromatic rings. The van der Waals surface area contributed by atoms with Crippen molar-refractivity contribution >= 4 is 21.6 Å². The van der Waals surface area contributed by atoms with Gasteiger partial charge in [-0.15, -0.1) is 0 Å². The number of hydrogen-bond acceptors (Lipinski definition) is 5. The zero-order valence-corrected chi connectivity index (χ0v) is 18.0. The first-order valence-electron chi connectivity index (χ1n) is 9.66. The summed E-state index contributed by atoms with van der Waals surface area (Å²) in [6.45, 7) is 6.01. The second-order valence-electron chi connectivity index (χ2n) is 6.69. The zero-order valence-electron chi connectivity index (χ0n) is 17.2. The van der Waals surface area contributed by atoms with Gasteiger partial charge in [0.05, 0.1) is 23.0 Å². The lowest BCUT2D eigenvalue weighted by molar-refractivity contribution is 0.102. The summed E-state index contributed by atoms with van der Waals surface area (Å²) in [5, 5.41) is 2.72. The van der Waals surface area contributed by atoms with Gasteiger partial charge in [0.1, 0.15) is 0 Å². The molecule has 0 saturated heterocycles. The van der Waals surface area contributed by atoms with Crippen LogP contribution in [-0.2, 0) is 10.0 Å². The Morgan fingerprint density at radius 1 is 1.00 bits per heavy atom. The molecule has 0 bridgehead atoms. The van der Waals surface area contributed by atoms with Crippen LogP contribution in [0.4, 0.5) is 5.69 Å². The average Bonchev–Trinajstić information content (AvgIpc) is 2.75. The van der Waals surface area contributed by atoms with Gasteiger partial charge in [0.2, 0.25) is 10.0 Å². The zero-order chi connectivity index (χ0) is 21.7. The predicted molar refractivity (Wildman–Crippen MR) is 117 cm³/mol. The van der Waals surface area contributed by atoms with Crippen LogP contribution < -0.4 is 5.32 Å². The van der Waals surface area contributed by atoms with Gasteiger partial charge in [-0.25, -0.2) is 18.4 Å². The van der Waals surface area contributed by atoms with Crippen molar-refractivity contribution in [2.24, 2.45) is 0 Å². The number of aryl methyl sites for hydroxylation is 1. The topological polar surface area (TPSA) is 92.3 Å². The molecule has 1 N–H and O–H groups in total. The van der Waals surface area contributed by atoms with Crippen molar-refractivity contribution in [1.82, 2.24) is 14.3 Å². The minimum Gasteiger partial charge on any atom is -0.319 e. The summed E-state index contributed by atoms with van der Waals surface area (Å²) < 4.78 is 27.2. The number of benzene rings is 2. The molecule has 0 aliphatic heterocycles. The number of sulfonamides is 1. The molecule has 1 heterocycles. The number of carbonyl (C=O) groups is 1. The Bertz CT molecular complexity index is 1130. The Morgan fingerprint density at radius 2 is 1.63 bits per heavy atom. The smallest absolute Gasteiger partial charge is 0.255 e. The second-order valence-corrected chi connectivity index (χ2v) is 8.59. The van der Waals surface area contributed by atoms with Gasteiger partial charge in [-0.05, 0) is 24.6 Å². The van der Waals surface area contributed by atoms with E-state index in [1.165, 1.54) is 22.8 Å². The third-order valence-corrected chi connectivity index (χ3v) is 6.91. The lowest BCUT2D eigenvalue weighted by atomic mass is 10.1. The largest absolute Gasteiger partial charge is 0.319 e. The molecule has 0 fully saturated rings. The average molecular weight is 425 g/mol. The highest BCUT2D eigenvalue weighted by molar-refractivity contribution is 7.89. The number of rotatable bonds is 7. The molecule has 7 nitrogen and oxygen atoms in total. The number of anilines is 1. The van der Waals surface area contributed by atoms with Crippen LogP contribution in [0.3, 0.4) is 0 Å². The Kier molecular flexibility index (Phi) is 6.59. The minimum absolute atomic E-state index is 0.134. The Labute approximate surface area is 176 Å². The molecule has 156 valence electrons.